The highest BCUT2D eigenvalue weighted by molar-refractivity contribution is 9.11. The van der Waals surface area contributed by atoms with Gasteiger partial charge in [0.2, 0.25) is 10.0 Å². The first-order chi connectivity index (χ1) is 9.77. The predicted octanol–water partition coefficient (Wildman–Crippen LogP) is 3.75. The summed E-state index contributed by atoms with van der Waals surface area (Å²) in [6.45, 7) is 2.39. The standard InChI is InChI=1S/C14H13Br2NO3S/c1-9-3-2-4-10(5-9)8-20-14-12(15)6-11(7-13(14)16)21(17,18)19/h2-7H,8H2,1H3,(H2,17,18,19). The number of sulfonamides is 1. The lowest BCUT2D eigenvalue weighted by Gasteiger charge is -2.12. The van der Waals surface area contributed by atoms with Gasteiger partial charge >= 0.3 is 0 Å². The summed E-state index contributed by atoms with van der Waals surface area (Å²) in [6.07, 6.45) is 0. The first-order valence-electron chi connectivity index (χ1n) is 5.97. The SMILES string of the molecule is Cc1cccc(COc2c(Br)cc(S(N)(=O)=O)cc2Br)c1. The number of hydrogen-bond acceptors (Lipinski definition) is 3. The normalized spacial score (nSPS) is 11.4. The molecule has 0 radical (unpaired) electrons. The minimum absolute atomic E-state index is 0.0177. The summed E-state index contributed by atoms with van der Waals surface area (Å²) < 4.78 is 29.5. The molecule has 4 nitrogen and oxygen atoms in total. The van der Waals surface area contributed by atoms with Gasteiger partial charge in [-0.2, -0.15) is 0 Å². The highest BCUT2D eigenvalue weighted by Crippen LogP contribution is 2.36. The lowest BCUT2D eigenvalue weighted by Crippen LogP contribution is -2.12. The number of hydrogen-bond donors (Lipinski definition) is 1. The topological polar surface area (TPSA) is 69.4 Å². The molecule has 2 rings (SSSR count). The van der Waals surface area contributed by atoms with Gasteiger partial charge in [-0.3, -0.25) is 0 Å². The van der Waals surface area contributed by atoms with Crippen molar-refractivity contribution in [3.63, 3.8) is 0 Å². The van der Waals surface area contributed by atoms with Crippen LogP contribution in [0.25, 0.3) is 0 Å². The Morgan fingerprint density at radius 3 is 2.29 bits per heavy atom. The third-order valence-corrected chi connectivity index (χ3v) is 4.84. The molecule has 0 heterocycles. The third kappa shape index (κ3) is 4.29. The molecule has 0 amide bonds. The molecule has 112 valence electrons. The molecule has 0 aliphatic carbocycles. The fourth-order valence-corrected chi connectivity index (χ4v) is 4.08. The largest absolute Gasteiger partial charge is 0.487 e. The summed E-state index contributed by atoms with van der Waals surface area (Å²) in [6, 6.07) is 10.8. The van der Waals surface area contributed by atoms with Gasteiger partial charge in [0.15, 0.2) is 0 Å². The van der Waals surface area contributed by atoms with Crippen LogP contribution in [0.2, 0.25) is 0 Å². The van der Waals surface area contributed by atoms with Crippen molar-refractivity contribution in [2.75, 3.05) is 0 Å². The monoisotopic (exact) mass is 433 g/mol. The van der Waals surface area contributed by atoms with Crippen molar-refractivity contribution in [3.8, 4) is 5.75 Å². The van der Waals surface area contributed by atoms with Crippen molar-refractivity contribution < 1.29 is 13.2 Å². The van der Waals surface area contributed by atoms with Crippen molar-refractivity contribution >= 4 is 41.9 Å². The average Bonchev–Trinajstić information content (AvgIpc) is 2.36. The molecule has 0 aromatic heterocycles. The van der Waals surface area contributed by atoms with Crippen LogP contribution in [0.15, 0.2) is 50.2 Å². The summed E-state index contributed by atoms with van der Waals surface area (Å²) >= 11 is 6.61. The van der Waals surface area contributed by atoms with Gasteiger partial charge in [0, 0.05) is 0 Å². The van der Waals surface area contributed by atoms with Crippen LogP contribution in [0.3, 0.4) is 0 Å². The molecule has 0 aliphatic heterocycles. The van der Waals surface area contributed by atoms with E-state index in [-0.39, 0.29) is 4.90 Å². The third-order valence-electron chi connectivity index (χ3n) is 2.77. The molecule has 0 unspecified atom stereocenters. The van der Waals surface area contributed by atoms with Gasteiger partial charge < -0.3 is 4.74 Å². The van der Waals surface area contributed by atoms with E-state index in [1.165, 1.54) is 12.1 Å². The first-order valence-corrected chi connectivity index (χ1v) is 9.11. The van der Waals surface area contributed by atoms with Crippen molar-refractivity contribution in [1.82, 2.24) is 0 Å². The van der Waals surface area contributed by atoms with Crippen molar-refractivity contribution in [3.05, 3.63) is 56.5 Å². The Labute approximate surface area is 140 Å². The molecule has 0 saturated heterocycles. The maximum absolute atomic E-state index is 11.4. The van der Waals surface area contributed by atoms with E-state index in [0.29, 0.717) is 21.3 Å². The van der Waals surface area contributed by atoms with Gasteiger partial charge in [0.25, 0.3) is 0 Å². The van der Waals surface area contributed by atoms with E-state index in [9.17, 15) is 8.42 Å². The molecule has 21 heavy (non-hydrogen) atoms. The number of halogens is 2. The maximum atomic E-state index is 11.4. The van der Waals surface area contributed by atoms with Crippen LogP contribution in [0.5, 0.6) is 5.75 Å². The van der Waals surface area contributed by atoms with Crippen LogP contribution < -0.4 is 9.88 Å². The minimum atomic E-state index is -3.75. The van der Waals surface area contributed by atoms with E-state index < -0.39 is 10.0 Å². The lowest BCUT2D eigenvalue weighted by molar-refractivity contribution is 0.302. The van der Waals surface area contributed by atoms with Crippen LogP contribution in [0.4, 0.5) is 0 Å². The number of benzene rings is 2. The number of ether oxygens (including phenoxy) is 1. The highest BCUT2D eigenvalue weighted by Gasteiger charge is 2.15. The minimum Gasteiger partial charge on any atom is -0.487 e. The maximum Gasteiger partial charge on any atom is 0.238 e. The molecular weight excluding hydrogens is 422 g/mol. The van der Waals surface area contributed by atoms with E-state index in [1.807, 2.05) is 31.2 Å². The Balaban J connectivity index is 2.25. The van der Waals surface area contributed by atoms with Crippen LogP contribution in [0, 0.1) is 6.92 Å². The van der Waals surface area contributed by atoms with Gasteiger partial charge in [-0.05, 0) is 56.5 Å². The summed E-state index contributed by atoms with van der Waals surface area (Å²) in [5.41, 5.74) is 2.18. The number of nitrogens with two attached hydrogens (primary N) is 1. The predicted molar refractivity (Wildman–Crippen MR) is 88.7 cm³/mol. The Kier molecular flexibility index (Phi) is 5.08. The Bertz CT molecular complexity index is 753. The highest BCUT2D eigenvalue weighted by atomic mass is 79.9. The van der Waals surface area contributed by atoms with Gasteiger partial charge in [0.05, 0.1) is 13.8 Å². The van der Waals surface area contributed by atoms with Crippen molar-refractivity contribution in [2.24, 2.45) is 5.14 Å². The van der Waals surface area contributed by atoms with E-state index in [2.05, 4.69) is 31.9 Å². The zero-order chi connectivity index (χ0) is 15.6. The molecule has 2 aromatic carbocycles. The van der Waals surface area contributed by atoms with Crippen LogP contribution in [-0.4, -0.2) is 8.42 Å². The van der Waals surface area contributed by atoms with E-state index in [0.717, 1.165) is 11.1 Å². The molecule has 0 aliphatic rings. The van der Waals surface area contributed by atoms with E-state index >= 15 is 0 Å². The lowest BCUT2D eigenvalue weighted by atomic mass is 10.1. The molecule has 0 bridgehead atoms. The molecule has 2 N–H and O–H groups in total. The second-order valence-electron chi connectivity index (χ2n) is 4.54. The van der Waals surface area contributed by atoms with Gasteiger partial charge in [-0.15, -0.1) is 0 Å². The molecular formula is C14H13Br2NO3S. The summed E-state index contributed by atoms with van der Waals surface area (Å²) in [4.78, 5) is 0.0177. The Morgan fingerprint density at radius 2 is 1.76 bits per heavy atom. The Hall–Kier alpha value is -0.890. The molecule has 0 fully saturated rings. The quantitative estimate of drug-likeness (QED) is 0.796. The fraction of sp³-hybridized carbons (Fsp3) is 0.143. The van der Waals surface area contributed by atoms with Crippen LogP contribution in [-0.2, 0) is 16.6 Å². The smallest absolute Gasteiger partial charge is 0.238 e. The zero-order valence-electron chi connectivity index (χ0n) is 11.1. The summed E-state index contributed by atoms with van der Waals surface area (Å²) in [5.74, 6) is 0.531. The second kappa shape index (κ2) is 6.48. The fourth-order valence-electron chi connectivity index (χ4n) is 1.80. The molecule has 0 atom stereocenters. The Morgan fingerprint density at radius 1 is 1.14 bits per heavy atom. The van der Waals surface area contributed by atoms with Crippen LogP contribution >= 0.6 is 31.9 Å². The molecule has 7 heteroatoms. The zero-order valence-corrected chi connectivity index (χ0v) is 15.1. The number of aryl methyl sites for hydroxylation is 1. The van der Waals surface area contributed by atoms with Gasteiger partial charge in [-0.1, -0.05) is 29.8 Å². The number of primary sulfonamides is 1. The van der Waals surface area contributed by atoms with E-state index in [4.69, 9.17) is 9.88 Å². The molecule has 0 spiro atoms. The first kappa shape index (κ1) is 16.5. The summed E-state index contributed by atoms with van der Waals surface area (Å²) in [5, 5.41) is 5.12. The van der Waals surface area contributed by atoms with Crippen LogP contribution in [0.1, 0.15) is 11.1 Å². The van der Waals surface area contributed by atoms with Crippen molar-refractivity contribution in [1.29, 1.82) is 0 Å². The van der Waals surface area contributed by atoms with Crippen molar-refractivity contribution in [2.45, 2.75) is 18.4 Å². The van der Waals surface area contributed by atoms with Gasteiger partial charge in [-0.25, -0.2) is 13.6 Å². The molecule has 0 saturated carbocycles. The summed E-state index contributed by atoms with van der Waals surface area (Å²) in [7, 11) is -3.75. The molecule has 2 aromatic rings. The average molecular weight is 435 g/mol. The number of rotatable bonds is 4. The van der Waals surface area contributed by atoms with E-state index in [1.54, 1.807) is 0 Å². The van der Waals surface area contributed by atoms with Gasteiger partial charge in [0.1, 0.15) is 12.4 Å². The second-order valence-corrected chi connectivity index (χ2v) is 7.81.